The molecule has 0 aliphatic heterocycles. The number of nitrogens with two attached hydrogens (primary N) is 1. The average molecular weight is 435 g/mol. The Kier molecular flexibility index (Phi) is 6.69. The zero-order valence-electron chi connectivity index (χ0n) is 17.1. The van der Waals surface area contributed by atoms with Crippen molar-refractivity contribution in [1.82, 2.24) is 4.98 Å². The number of unbranched alkanes of at least 4 members (excludes halogenated alkanes) is 2. The number of fused-ring (bicyclic) bond motifs is 3. The van der Waals surface area contributed by atoms with Gasteiger partial charge in [0.2, 0.25) is 0 Å². The van der Waals surface area contributed by atoms with E-state index in [4.69, 9.17) is 25.0 Å². The molecule has 5 nitrogen and oxygen atoms in total. The average Bonchev–Trinajstić information content (AvgIpc) is 3.30. The highest BCUT2D eigenvalue weighted by Gasteiger charge is 2.37. The Morgan fingerprint density at radius 3 is 2.97 bits per heavy atom. The van der Waals surface area contributed by atoms with E-state index in [-0.39, 0.29) is 6.61 Å². The summed E-state index contributed by atoms with van der Waals surface area (Å²) < 4.78 is 5.03. The molecule has 2 unspecified atom stereocenters. The summed E-state index contributed by atoms with van der Waals surface area (Å²) in [4.78, 5) is 24.3. The number of rotatable bonds is 8. The van der Waals surface area contributed by atoms with Crippen molar-refractivity contribution in [2.24, 2.45) is 5.73 Å². The molecule has 29 heavy (non-hydrogen) atoms. The second-order valence-electron chi connectivity index (χ2n) is 8.59. The number of hydrogen-bond donors (Lipinski definition) is 3. The molecular weight excluding hydrogens is 403 g/mol. The normalized spacial score (nSPS) is 23.4. The van der Waals surface area contributed by atoms with E-state index in [1.54, 1.807) is 0 Å². The van der Waals surface area contributed by atoms with Crippen molar-refractivity contribution in [3.05, 3.63) is 40.0 Å². The van der Waals surface area contributed by atoms with E-state index in [0.29, 0.717) is 5.92 Å². The standard InChI is InChI=1S/C22H31N2O3PS/c1-2-3-4-5-20-24-19-9-7-16-12-15(6-8-18(16)21(19)29-20)17-10-11-22(23,13-17)14-27-28(25)26/h6,8,12,17,25-26H,2-5,7,9-11,13-14,23H2,1H3. The molecule has 4 N–H and O–H groups in total. The van der Waals surface area contributed by atoms with Crippen LogP contribution in [0.1, 0.15) is 73.2 Å². The third-order valence-corrected chi connectivity index (χ3v) is 7.87. The van der Waals surface area contributed by atoms with Gasteiger partial charge in [-0.05, 0) is 67.6 Å². The fraction of sp³-hybridized carbons (Fsp3) is 0.591. The van der Waals surface area contributed by atoms with E-state index in [1.165, 1.54) is 51.5 Å². The molecule has 2 aliphatic rings. The predicted molar refractivity (Wildman–Crippen MR) is 119 cm³/mol. The van der Waals surface area contributed by atoms with E-state index in [0.717, 1.165) is 38.5 Å². The van der Waals surface area contributed by atoms with Crippen LogP contribution < -0.4 is 5.73 Å². The van der Waals surface area contributed by atoms with Gasteiger partial charge in [-0.2, -0.15) is 0 Å². The Morgan fingerprint density at radius 2 is 2.17 bits per heavy atom. The number of aryl methyl sites for hydroxylation is 3. The van der Waals surface area contributed by atoms with Crippen molar-refractivity contribution in [2.45, 2.75) is 76.2 Å². The summed E-state index contributed by atoms with van der Waals surface area (Å²) in [5.74, 6) is 0.407. The maximum atomic E-state index is 9.02. The van der Waals surface area contributed by atoms with Gasteiger partial charge in [0.05, 0.1) is 22.2 Å². The summed E-state index contributed by atoms with van der Waals surface area (Å²) in [6, 6.07) is 6.91. The zero-order valence-corrected chi connectivity index (χ0v) is 18.8. The van der Waals surface area contributed by atoms with Gasteiger partial charge < -0.3 is 20.0 Å². The van der Waals surface area contributed by atoms with Crippen LogP contribution in [0.3, 0.4) is 0 Å². The number of aromatic nitrogens is 1. The molecule has 158 valence electrons. The van der Waals surface area contributed by atoms with E-state index in [9.17, 15) is 0 Å². The Morgan fingerprint density at radius 1 is 1.31 bits per heavy atom. The van der Waals surface area contributed by atoms with Crippen LogP contribution in [0.15, 0.2) is 18.2 Å². The first-order valence-electron chi connectivity index (χ1n) is 10.7. The summed E-state index contributed by atoms with van der Waals surface area (Å²) >= 11 is 1.88. The second-order valence-corrected chi connectivity index (χ2v) is 10.4. The molecule has 2 aliphatic carbocycles. The molecule has 1 aromatic heterocycles. The van der Waals surface area contributed by atoms with Crippen LogP contribution >= 0.6 is 19.9 Å². The van der Waals surface area contributed by atoms with Crippen LogP contribution in [-0.4, -0.2) is 26.9 Å². The van der Waals surface area contributed by atoms with E-state index >= 15 is 0 Å². The summed E-state index contributed by atoms with van der Waals surface area (Å²) in [7, 11) is -2.34. The Bertz CT molecular complexity index is 857. The summed E-state index contributed by atoms with van der Waals surface area (Å²) in [6.45, 7) is 2.45. The quantitative estimate of drug-likeness (QED) is 0.409. The minimum absolute atomic E-state index is 0.207. The molecule has 2 aromatic rings. The maximum Gasteiger partial charge on any atom is 0.327 e. The molecule has 0 radical (unpaired) electrons. The first kappa shape index (κ1) is 21.4. The van der Waals surface area contributed by atoms with Gasteiger partial charge in [0.1, 0.15) is 0 Å². The number of nitrogens with zero attached hydrogens (tertiary/aromatic N) is 1. The highest BCUT2D eigenvalue weighted by Crippen LogP contribution is 2.44. The monoisotopic (exact) mass is 434 g/mol. The lowest BCUT2D eigenvalue weighted by Crippen LogP contribution is -2.41. The molecule has 1 heterocycles. The van der Waals surface area contributed by atoms with Crippen molar-refractivity contribution in [3.8, 4) is 10.4 Å². The molecule has 0 amide bonds. The predicted octanol–water partition coefficient (Wildman–Crippen LogP) is 4.83. The van der Waals surface area contributed by atoms with Crippen molar-refractivity contribution in [3.63, 3.8) is 0 Å². The lowest BCUT2D eigenvalue weighted by Gasteiger charge is -2.24. The van der Waals surface area contributed by atoms with Crippen LogP contribution in [0, 0.1) is 0 Å². The van der Waals surface area contributed by atoms with Crippen LogP contribution in [-0.2, 0) is 23.8 Å². The third kappa shape index (κ3) is 4.90. The first-order valence-corrected chi connectivity index (χ1v) is 12.7. The van der Waals surface area contributed by atoms with Gasteiger partial charge in [0, 0.05) is 5.54 Å². The zero-order chi connectivity index (χ0) is 20.4. The highest BCUT2D eigenvalue weighted by molar-refractivity contribution is 7.39. The summed E-state index contributed by atoms with van der Waals surface area (Å²) in [6.07, 6.45) is 9.62. The summed E-state index contributed by atoms with van der Waals surface area (Å²) in [5.41, 5.74) is 11.4. The van der Waals surface area contributed by atoms with Crippen molar-refractivity contribution < 1.29 is 14.3 Å². The van der Waals surface area contributed by atoms with E-state index in [1.807, 2.05) is 11.3 Å². The molecule has 0 bridgehead atoms. The lowest BCUT2D eigenvalue weighted by molar-refractivity contribution is 0.190. The molecule has 1 fully saturated rings. The Balaban J connectivity index is 1.48. The number of benzene rings is 1. The fourth-order valence-corrected chi connectivity index (χ4v) is 6.31. The molecule has 7 heteroatoms. The van der Waals surface area contributed by atoms with Gasteiger partial charge in [0.15, 0.2) is 0 Å². The van der Waals surface area contributed by atoms with Crippen LogP contribution in [0.2, 0.25) is 0 Å². The Labute approximate surface area is 178 Å². The number of thiazole rings is 1. The van der Waals surface area contributed by atoms with Gasteiger partial charge in [-0.3, -0.25) is 0 Å². The number of hydrogen-bond acceptors (Lipinski definition) is 6. The first-order chi connectivity index (χ1) is 14.0. The minimum atomic E-state index is -2.34. The molecular formula is C22H31N2O3PS. The van der Waals surface area contributed by atoms with Gasteiger partial charge in [-0.25, -0.2) is 4.98 Å². The van der Waals surface area contributed by atoms with Crippen molar-refractivity contribution in [2.75, 3.05) is 6.61 Å². The highest BCUT2D eigenvalue weighted by atomic mass is 32.1. The molecule has 0 saturated heterocycles. The molecule has 1 aromatic carbocycles. The van der Waals surface area contributed by atoms with Crippen LogP contribution in [0.5, 0.6) is 0 Å². The van der Waals surface area contributed by atoms with Crippen molar-refractivity contribution >= 4 is 19.9 Å². The summed E-state index contributed by atoms with van der Waals surface area (Å²) in [5, 5.41) is 1.29. The minimum Gasteiger partial charge on any atom is -0.328 e. The maximum absolute atomic E-state index is 9.02. The van der Waals surface area contributed by atoms with E-state index < -0.39 is 14.1 Å². The van der Waals surface area contributed by atoms with Gasteiger partial charge >= 0.3 is 8.60 Å². The fourth-order valence-electron chi connectivity index (χ4n) is 4.72. The van der Waals surface area contributed by atoms with Gasteiger partial charge in [0.25, 0.3) is 0 Å². The van der Waals surface area contributed by atoms with Crippen LogP contribution in [0.25, 0.3) is 10.4 Å². The Hall–Kier alpha value is -0.880. The molecule has 1 saturated carbocycles. The van der Waals surface area contributed by atoms with Gasteiger partial charge in [-0.1, -0.05) is 38.0 Å². The third-order valence-electron chi connectivity index (χ3n) is 6.32. The smallest absolute Gasteiger partial charge is 0.327 e. The molecule has 0 spiro atoms. The van der Waals surface area contributed by atoms with Crippen molar-refractivity contribution in [1.29, 1.82) is 0 Å². The van der Waals surface area contributed by atoms with Crippen LogP contribution in [0.4, 0.5) is 0 Å². The largest absolute Gasteiger partial charge is 0.328 e. The van der Waals surface area contributed by atoms with Gasteiger partial charge in [-0.15, -0.1) is 11.3 Å². The molecule has 4 rings (SSSR count). The van der Waals surface area contributed by atoms with E-state index in [2.05, 4.69) is 25.1 Å². The topological polar surface area (TPSA) is 88.6 Å². The SMILES string of the molecule is CCCCCc1nc2c(s1)-c1ccc(C3CCC(N)(COP(O)O)C3)cc1CC2. The molecule has 2 atom stereocenters. The lowest BCUT2D eigenvalue weighted by atomic mass is 9.87. The second kappa shape index (κ2) is 9.09.